The van der Waals surface area contributed by atoms with E-state index in [1.807, 2.05) is 29.2 Å². The Balaban J connectivity index is 1.77. The maximum Gasteiger partial charge on any atom is 0.253 e. The van der Waals surface area contributed by atoms with Crippen LogP contribution in [0.15, 0.2) is 29.1 Å². The van der Waals surface area contributed by atoms with Gasteiger partial charge >= 0.3 is 0 Å². The van der Waals surface area contributed by atoms with Crippen LogP contribution in [-0.2, 0) is 16.0 Å². The molecular formula is C21H29N3O4S. The molecule has 1 aromatic carbocycles. The molecule has 1 aliphatic rings. The molecule has 2 aromatic rings. The normalized spacial score (nSPS) is 16.1. The van der Waals surface area contributed by atoms with Crippen molar-refractivity contribution in [2.75, 3.05) is 40.5 Å². The number of H-pyrrole nitrogens is 1. The molecule has 1 aromatic heterocycles. The van der Waals surface area contributed by atoms with Gasteiger partial charge in [-0.05, 0) is 55.1 Å². The van der Waals surface area contributed by atoms with Gasteiger partial charge in [-0.1, -0.05) is 0 Å². The Hall–Kier alpha value is -2.16. The summed E-state index contributed by atoms with van der Waals surface area (Å²) in [7, 11) is 3.29. The molecule has 2 N–H and O–H groups in total. The summed E-state index contributed by atoms with van der Waals surface area (Å²) in [6.45, 7) is 3.27. The quantitative estimate of drug-likeness (QED) is 0.478. The van der Waals surface area contributed by atoms with Crippen molar-refractivity contribution in [3.05, 3.63) is 40.2 Å². The van der Waals surface area contributed by atoms with Gasteiger partial charge in [0.05, 0.1) is 25.3 Å². The van der Waals surface area contributed by atoms with Gasteiger partial charge in [0.1, 0.15) is 5.75 Å². The first-order chi connectivity index (χ1) is 14.1. The molecule has 3 rings (SSSR count). The van der Waals surface area contributed by atoms with Gasteiger partial charge in [0.15, 0.2) is 5.11 Å². The monoisotopic (exact) mass is 419 g/mol. The molecule has 1 fully saturated rings. The van der Waals surface area contributed by atoms with Gasteiger partial charge in [0, 0.05) is 45.0 Å². The number of hydrogen-bond donors (Lipinski definition) is 2. The molecule has 0 spiro atoms. The third-order valence-corrected chi connectivity index (χ3v) is 5.43. The van der Waals surface area contributed by atoms with E-state index in [1.165, 1.54) is 0 Å². The van der Waals surface area contributed by atoms with E-state index in [2.05, 4.69) is 10.3 Å². The summed E-state index contributed by atoms with van der Waals surface area (Å²) in [5, 5.41) is 4.86. The predicted molar refractivity (Wildman–Crippen MR) is 118 cm³/mol. The number of ether oxygens (including phenoxy) is 3. The highest BCUT2D eigenvalue weighted by molar-refractivity contribution is 7.80. The van der Waals surface area contributed by atoms with Crippen LogP contribution in [0.5, 0.6) is 5.75 Å². The average Bonchev–Trinajstić information content (AvgIpc) is 3.23. The molecule has 2 heterocycles. The highest BCUT2D eigenvalue weighted by Gasteiger charge is 2.22. The zero-order valence-electron chi connectivity index (χ0n) is 17.0. The zero-order valence-corrected chi connectivity index (χ0v) is 17.8. The fraction of sp³-hybridized carbons (Fsp3) is 0.524. The maximum atomic E-state index is 12.7. The van der Waals surface area contributed by atoms with E-state index in [0.717, 1.165) is 43.3 Å². The fourth-order valence-electron chi connectivity index (χ4n) is 3.45. The smallest absolute Gasteiger partial charge is 0.253 e. The summed E-state index contributed by atoms with van der Waals surface area (Å²) in [4.78, 5) is 17.7. The van der Waals surface area contributed by atoms with Crippen molar-refractivity contribution in [3.63, 3.8) is 0 Å². The number of fused-ring (bicyclic) bond motifs is 1. The van der Waals surface area contributed by atoms with Crippen molar-refractivity contribution < 1.29 is 14.2 Å². The van der Waals surface area contributed by atoms with Crippen molar-refractivity contribution in [3.8, 4) is 5.75 Å². The second-order valence-corrected chi connectivity index (χ2v) is 7.56. The van der Waals surface area contributed by atoms with E-state index < -0.39 is 0 Å². The first-order valence-electron chi connectivity index (χ1n) is 9.94. The Labute approximate surface area is 176 Å². The molecule has 158 valence electrons. The van der Waals surface area contributed by atoms with Crippen LogP contribution in [0, 0.1) is 0 Å². The van der Waals surface area contributed by atoms with Crippen molar-refractivity contribution in [2.45, 2.75) is 31.9 Å². The number of hydrogen-bond acceptors (Lipinski definition) is 5. The topological polar surface area (TPSA) is 75.8 Å². The molecule has 0 bridgehead atoms. The second-order valence-electron chi connectivity index (χ2n) is 7.17. The van der Waals surface area contributed by atoms with Gasteiger partial charge in [-0.2, -0.15) is 0 Å². The lowest BCUT2D eigenvalue weighted by molar-refractivity contribution is 0.0896. The molecule has 0 saturated carbocycles. The number of rotatable bonds is 9. The zero-order chi connectivity index (χ0) is 20.6. The maximum absolute atomic E-state index is 12.7. The van der Waals surface area contributed by atoms with Crippen LogP contribution in [0.3, 0.4) is 0 Å². The summed E-state index contributed by atoms with van der Waals surface area (Å²) in [6, 6.07) is 7.58. The number of benzene rings is 1. The Bertz CT molecular complexity index is 880. The van der Waals surface area contributed by atoms with E-state index in [0.29, 0.717) is 36.1 Å². The number of nitrogens with one attached hydrogen (secondary N) is 2. The lowest BCUT2D eigenvalue weighted by Gasteiger charge is -2.28. The number of pyridine rings is 1. The lowest BCUT2D eigenvalue weighted by Crippen LogP contribution is -2.44. The summed E-state index contributed by atoms with van der Waals surface area (Å²) in [5.74, 6) is 0.711. The molecular weight excluding hydrogens is 390 g/mol. The molecule has 1 unspecified atom stereocenters. The molecule has 0 aliphatic carbocycles. The van der Waals surface area contributed by atoms with Crippen LogP contribution < -0.4 is 15.6 Å². The largest absolute Gasteiger partial charge is 0.497 e. The number of aromatic nitrogens is 1. The molecule has 1 saturated heterocycles. The van der Waals surface area contributed by atoms with Gasteiger partial charge in [-0.15, -0.1) is 0 Å². The average molecular weight is 420 g/mol. The molecule has 29 heavy (non-hydrogen) atoms. The van der Waals surface area contributed by atoms with Gasteiger partial charge in [0.2, 0.25) is 0 Å². The Morgan fingerprint density at radius 1 is 1.38 bits per heavy atom. The second kappa shape index (κ2) is 10.6. The number of aromatic amines is 1. The van der Waals surface area contributed by atoms with Crippen LogP contribution in [0.4, 0.5) is 0 Å². The van der Waals surface area contributed by atoms with E-state index in [9.17, 15) is 4.79 Å². The summed E-state index contributed by atoms with van der Waals surface area (Å²) in [5.41, 5.74) is 1.30. The minimum Gasteiger partial charge on any atom is -0.497 e. The molecule has 8 heteroatoms. The van der Waals surface area contributed by atoms with Crippen LogP contribution in [0.25, 0.3) is 10.9 Å². The molecule has 1 atom stereocenters. The van der Waals surface area contributed by atoms with Crippen LogP contribution in [0.1, 0.15) is 24.8 Å². The molecule has 7 nitrogen and oxygen atoms in total. The predicted octanol–water partition coefficient (Wildman–Crippen LogP) is 2.43. The van der Waals surface area contributed by atoms with Crippen molar-refractivity contribution in [1.82, 2.24) is 15.2 Å². The third kappa shape index (κ3) is 5.91. The summed E-state index contributed by atoms with van der Waals surface area (Å²) < 4.78 is 16.1. The molecule has 0 amide bonds. The van der Waals surface area contributed by atoms with Crippen molar-refractivity contribution in [1.29, 1.82) is 0 Å². The van der Waals surface area contributed by atoms with E-state index in [1.54, 1.807) is 14.2 Å². The highest BCUT2D eigenvalue weighted by Crippen LogP contribution is 2.20. The summed E-state index contributed by atoms with van der Waals surface area (Å²) in [6.07, 6.45) is 3.07. The third-order valence-electron chi connectivity index (χ3n) is 5.03. The minimum atomic E-state index is -0.120. The molecule has 1 aliphatic heterocycles. The van der Waals surface area contributed by atoms with Crippen LogP contribution >= 0.6 is 12.2 Å². The van der Waals surface area contributed by atoms with Crippen LogP contribution in [-0.4, -0.2) is 61.6 Å². The summed E-state index contributed by atoms with van der Waals surface area (Å²) >= 11 is 5.62. The Morgan fingerprint density at radius 2 is 2.24 bits per heavy atom. The highest BCUT2D eigenvalue weighted by atomic mass is 32.1. The number of thiocarbonyl (C=S) groups is 1. The van der Waals surface area contributed by atoms with E-state index >= 15 is 0 Å². The van der Waals surface area contributed by atoms with Crippen molar-refractivity contribution in [2.24, 2.45) is 0 Å². The lowest BCUT2D eigenvalue weighted by atomic mass is 10.1. The minimum absolute atomic E-state index is 0.120. The van der Waals surface area contributed by atoms with E-state index in [-0.39, 0.29) is 11.7 Å². The Kier molecular flexibility index (Phi) is 7.85. The first-order valence-corrected chi connectivity index (χ1v) is 10.3. The van der Waals surface area contributed by atoms with Gasteiger partial charge in [0.25, 0.3) is 5.56 Å². The van der Waals surface area contributed by atoms with Gasteiger partial charge < -0.3 is 29.4 Å². The SMILES string of the molecule is COCCCNC(=S)N(Cc1cc2ccc(OC)cc2[nH]c1=O)CC1CCCO1. The van der Waals surface area contributed by atoms with E-state index in [4.69, 9.17) is 26.4 Å². The number of methoxy groups -OCH3 is 2. The van der Waals surface area contributed by atoms with Gasteiger partial charge in [-0.3, -0.25) is 4.79 Å². The fourth-order valence-corrected chi connectivity index (χ4v) is 3.69. The van der Waals surface area contributed by atoms with Crippen LogP contribution in [0.2, 0.25) is 0 Å². The number of nitrogens with zero attached hydrogens (tertiary/aromatic N) is 1. The molecule has 0 radical (unpaired) electrons. The Morgan fingerprint density at radius 3 is 2.97 bits per heavy atom. The van der Waals surface area contributed by atoms with Gasteiger partial charge in [-0.25, -0.2) is 0 Å². The first kappa shape index (κ1) is 21.5. The standard InChI is InChI=1S/C21H29N3O4S/c1-26-9-4-8-22-21(29)24(14-18-5-3-10-28-18)13-16-11-15-6-7-17(27-2)12-19(15)23-20(16)25/h6-7,11-12,18H,3-5,8-10,13-14H2,1-2H3,(H,22,29)(H,23,25). The van der Waals surface area contributed by atoms with Crippen molar-refractivity contribution >= 4 is 28.2 Å².